The fraction of sp³-hybridized carbons (Fsp3) is 0.462. The second-order valence-electron chi connectivity index (χ2n) is 5.13. The molecule has 0 spiro atoms. The van der Waals surface area contributed by atoms with Gasteiger partial charge in [0.15, 0.2) is 0 Å². The fourth-order valence-electron chi connectivity index (χ4n) is 2.35. The van der Waals surface area contributed by atoms with Gasteiger partial charge in [0.2, 0.25) is 10.0 Å². The molecule has 1 aliphatic heterocycles. The summed E-state index contributed by atoms with van der Waals surface area (Å²) < 4.78 is 64.6. The van der Waals surface area contributed by atoms with E-state index in [2.05, 4.69) is 5.32 Å². The molecule has 0 fully saturated rings. The van der Waals surface area contributed by atoms with E-state index < -0.39 is 34.6 Å². The molecule has 1 heterocycles. The van der Waals surface area contributed by atoms with Gasteiger partial charge in [-0.3, -0.25) is 4.79 Å². The average molecular weight is 352 g/mol. The highest BCUT2D eigenvalue weighted by Crippen LogP contribution is 2.31. The molecule has 0 unspecified atom stereocenters. The number of aliphatic carboxylic acids is 1. The number of para-hydroxylation sites is 1. The Kier molecular flexibility index (Phi) is 4.85. The normalized spacial score (nSPS) is 16.3. The Morgan fingerprint density at radius 2 is 2.09 bits per heavy atom. The third-order valence-electron chi connectivity index (χ3n) is 3.40. The summed E-state index contributed by atoms with van der Waals surface area (Å²) >= 11 is 0. The number of hydrogen-bond acceptors (Lipinski definition) is 4. The van der Waals surface area contributed by atoms with Gasteiger partial charge in [-0.15, -0.1) is 0 Å². The molecule has 1 aromatic carbocycles. The maximum absolute atomic E-state index is 12.9. The van der Waals surface area contributed by atoms with Gasteiger partial charge in [-0.1, -0.05) is 12.1 Å². The van der Waals surface area contributed by atoms with Crippen molar-refractivity contribution in [3.05, 3.63) is 23.8 Å². The van der Waals surface area contributed by atoms with Crippen LogP contribution in [-0.2, 0) is 21.2 Å². The van der Waals surface area contributed by atoms with Crippen LogP contribution in [-0.4, -0.2) is 38.3 Å². The van der Waals surface area contributed by atoms with Crippen LogP contribution in [0.2, 0.25) is 0 Å². The zero-order valence-corrected chi connectivity index (χ0v) is 12.7. The molecule has 3 N–H and O–H groups in total. The van der Waals surface area contributed by atoms with E-state index in [4.69, 9.17) is 5.11 Å². The second kappa shape index (κ2) is 6.36. The molecule has 0 amide bonds. The minimum Gasteiger partial charge on any atom is -0.481 e. The van der Waals surface area contributed by atoms with Crippen LogP contribution in [0.25, 0.3) is 0 Å². The Bertz CT molecular complexity index is 704. The minimum absolute atomic E-state index is 0.266. The molecule has 0 aromatic heterocycles. The van der Waals surface area contributed by atoms with Crippen LogP contribution in [0.15, 0.2) is 23.1 Å². The number of carbonyl (C=O) groups is 1. The molecule has 1 aromatic rings. The topological polar surface area (TPSA) is 95.5 Å². The van der Waals surface area contributed by atoms with Gasteiger partial charge in [-0.05, 0) is 24.5 Å². The number of aryl methyl sites for hydroxylation is 1. The van der Waals surface area contributed by atoms with Crippen molar-refractivity contribution < 1.29 is 31.5 Å². The molecule has 6 nitrogen and oxygen atoms in total. The summed E-state index contributed by atoms with van der Waals surface area (Å²) in [6.45, 7) is 0.511. The molecule has 0 bridgehead atoms. The Balaban J connectivity index is 2.36. The average Bonchev–Trinajstić information content (AvgIpc) is 2.44. The van der Waals surface area contributed by atoms with Crippen molar-refractivity contribution in [2.45, 2.75) is 36.4 Å². The third kappa shape index (κ3) is 4.14. The molecule has 1 atom stereocenters. The number of alkyl halides is 3. The summed E-state index contributed by atoms with van der Waals surface area (Å²) in [7, 11) is -4.53. The van der Waals surface area contributed by atoms with Gasteiger partial charge in [-0.2, -0.15) is 17.9 Å². The number of hydrogen-bond donors (Lipinski definition) is 3. The highest BCUT2D eigenvalue weighted by molar-refractivity contribution is 7.89. The van der Waals surface area contributed by atoms with Crippen LogP contribution in [0.5, 0.6) is 0 Å². The summed E-state index contributed by atoms with van der Waals surface area (Å²) in [6.07, 6.45) is -4.99. The van der Waals surface area contributed by atoms with E-state index in [1.807, 2.05) is 0 Å². The molecule has 10 heteroatoms. The molecular formula is C13H15F3N2O4S. The van der Waals surface area contributed by atoms with Gasteiger partial charge in [-0.25, -0.2) is 8.42 Å². The van der Waals surface area contributed by atoms with Gasteiger partial charge >= 0.3 is 12.1 Å². The summed E-state index contributed by atoms with van der Waals surface area (Å²) in [5.74, 6) is -1.75. The van der Waals surface area contributed by atoms with Crippen LogP contribution in [0.3, 0.4) is 0 Å². The number of fused-ring (bicyclic) bond motifs is 1. The number of anilines is 1. The van der Waals surface area contributed by atoms with E-state index >= 15 is 0 Å². The van der Waals surface area contributed by atoms with Crippen molar-refractivity contribution in [1.82, 2.24) is 4.72 Å². The second-order valence-corrected chi connectivity index (χ2v) is 6.82. The first-order valence-corrected chi connectivity index (χ1v) is 8.26. The van der Waals surface area contributed by atoms with E-state index in [0.29, 0.717) is 18.5 Å². The Hall–Kier alpha value is -1.81. The summed E-state index contributed by atoms with van der Waals surface area (Å²) in [4.78, 5) is 10.3. The minimum atomic E-state index is -5.01. The van der Waals surface area contributed by atoms with Gasteiger partial charge in [0.1, 0.15) is 10.9 Å². The summed E-state index contributed by atoms with van der Waals surface area (Å²) in [5, 5.41) is 11.4. The first-order valence-electron chi connectivity index (χ1n) is 6.78. The van der Waals surface area contributed by atoms with Crippen LogP contribution in [0.1, 0.15) is 18.4 Å². The first-order chi connectivity index (χ1) is 10.6. The molecule has 0 saturated heterocycles. The van der Waals surface area contributed by atoms with E-state index in [1.54, 1.807) is 6.07 Å². The quantitative estimate of drug-likeness (QED) is 0.750. The molecule has 2 rings (SSSR count). The summed E-state index contributed by atoms with van der Waals surface area (Å²) in [6, 6.07) is 1.64. The van der Waals surface area contributed by atoms with E-state index in [-0.39, 0.29) is 10.6 Å². The van der Waals surface area contributed by atoms with Gasteiger partial charge < -0.3 is 10.4 Å². The lowest BCUT2D eigenvalue weighted by molar-refractivity contribution is -0.163. The fourth-order valence-corrected chi connectivity index (χ4v) is 3.80. The van der Waals surface area contributed by atoms with Crippen molar-refractivity contribution in [3.8, 4) is 0 Å². The zero-order valence-electron chi connectivity index (χ0n) is 11.9. The predicted octanol–water partition coefficient (Wildman–Crippen LogP) is 1.73. The molecule has 0 radical (unpaired) electrons. The summed E-state index contributed by atoms with van der Waals surface area (Å²) in [5.41, 5.74) is 0.961. The monoisotopic (exact) mass is 352 g/mol. The zero-order chi connectivity index (χ0) is 17.3. The lowest BCUT2D eigenvalue weighted by Crippen LogP contribution is -2.46. The highest BCUT2D eigenvalue weighted by atomic mass is 32.2. The van der Waals surface area contributed by atoms with Crippen molar-refractivity contribution in [2.24, 2.45) is 0 Å². The third-order valence-corrected chi connectivity index (χ3v) is 4.91. The standard InChI is InChI=1S/C13H15F3N2O4S/c14-13(15,16)10(7-11(19)20)18-23(21,22)9-5-1-3-8-4-2-6-17-12(8)9/h1,3,5,10,17-18H,2,4,6-7H2,(H,19,20)/t10-/m1/s1. The van der Waals surface area contributed by atoms with E-state index in [9.17, 15) is 26.4 Å². The van der Waals surface area contributed by atoms with Crippen LogP contribution in [0.4, 0.5) is 18.9 Å². The van der Waals surface area contributed by atoms with Crippen molar-refractivity contribution in [1.29, 1.82) is 0 Å². The number of carboxylic acid groups (broad SMARTS) is 1. The number of carboxylic acids is 1. The number of sulfonamides is 1. The maximum Gasteiger partial charge on any atom is 0.405 e. The molecule has 128 valence electrons. The van der Waals surface area contributed by atoms with Crippen molar-refractivity contribution in [2.75, 3.05) is 11.9 Å². The lowest BCUT2D eigenvalue weighted by Gasteiger charge is -2.24. The lowest BCUT2D eigenvalue weighted by atomic mass is 10.0. The smallest absolute Gasteiger partial charge is 0.405 e. The predicted molar refractivity (Wildman–Crippen MR) is 75.7 cm³/mol. The van der Waals surface area contributed by atoms with Crippen molar-refractivity contribution in [3.63, 3.8) is 0 Å². The van der Waals surface area contributed by atoms with Crippen LogP contribution < -0.4 is 10.0 Å². The van der Waals surface area contributed by atoms with Gasteiger partial charge in [0.05, 0.1) is 12.1 Å². The van der Waals surface area contributed by atoms with Crippen molar-refractivity contribution >= 4 is 21.7 Å². The molecular weight excluding hydrogens is 337 g/mol. The van der Waals surface area contributed by atoms with E-state index in [0.717, 1.165) is 6.42 Å². The largest absolute Gasteiger partial charge is 0.481 e. The van der Waals surface area contributed by atoms with Crippen LogP contribution in [0, 0.1) is 0 Å². The Labute approximate surface area is 130 Å². The van der Waals surface area contributed by atoms with E-state index in [1.165, 1.54) is 16.9 Å². The van der Waals surface area contributed by atoms with Gasteiger partial charge in [0, 0.05) is 6.54 Å². The number of halogens is 3. The molecule has 0 aliphatic carbocycles. The number of rotatable bonds is 5. The molecule has 1 aliphatic rings. The SMILES string of the molecule is O=C(O)C[C@@H](NS(=O)(=O)c1cccc2c1NCCC2)C(F)(F)F. The Morgan fingerprint density at radius 3 is 2.70 bits per heavy atom. The molecule has 23 heavy (non-hydrogen) atoms. The number of benzene rings is 1. The van der Waals surface area contributed by atoms with Gasteiger partial charge in [0.25, 0.3) is 0 Å². The highest BCUT2D eigenvalue weighted by Gasteiger charge is 2.44. The maximum atomic E-state index is 12.9. The first kappa shape index (κ1) is 17.5. The number of nitrogens with one attached hydrogen (secondary N) is 2. The Morgan fingerprint density at radius 1 is 1.39 bits per heavy atom. The molecule has 0 saturated carbocycles. The van der Waals surface area contributed by atoms with Crippen LogP contribution >= 0.6 is 0 Å².